The largest absolute Gasteiger partial charge is 0.488 e. The standard InChI is InChI=1S/C26H37NO5/c1-16(9-10-22-15-23(29)25(31-7)26(27-22)32-8)11-17(2)12-18(3)13-19(4)24(30)20(5)14-21(6)28/h9,12-15,19,24,30H,10-11H2,1-8H3,(H,27,29)/b16-9+,17-12+,18-13+,20-14+/t19-,24-/m1/s1. The molecule has 0 saturated carbocycles. The van der Waals surface area contributed by atoms with Crippen LogP contribution >= 0.6 is 0 Å². The number of ether oxygens (including phenoxy) is 2. The van der Waals surface area contributed by atoms with E-state index in [0.717, 1.165) is 17.7 Å². The first-order valence-electron chi connectivity index (χ1n) is 10.7. The average molecular weight is 444 g/mol. The highest BCUT2D eigenvalue weighted by Gasteiger charge is 2.14. The summed E-state index contributed by atoms with van der Waals surface area (Å²) in [5.74, 6) is 0.324. The van der Waals surface area contributed by atoms with Crippen molar-refractivity contribution in [3.05, 3.63) is 68.6 Å². The zero-order valence-corrected chi connectivity index (χ0v) is 20.5. The number of aromatic amines is 1. The molecule has 0 amide bonds. The van der Waals surface area contributed by atoms with Gasteiger partial charge in [0.05, 0.1) is 20.3 Å². The number of ketones is 1. The van der Waals surface area contributed by atoms with Gasteiger partial charge in [0.2, 0.25) is 17.1 Å². The van der Waals surface area contributed by atoms with Gasteiger partial charge in [0.25, 0.3) is 0 Å². The van der Waals surface area contributed by atoms with Crippen molar-refractivity contribution in [2.45, 2.75) is 60.5 Å². The van der Waals surface area contributed by atoms with Crippen molar-refractivity contribution in [3.8, 4) is 11.6 Å². The number of methoxy groups -OCH3 is 2. The van der Waals surface area contributed by atoms with E-state index >= 15 is 0 Å². The van der Waals surface area contributed by atoms with Gasteiger partial charge in [-0.3, -0.25) is 9.59 Å². The van der Waals surface area contributed by atoms with E-state index < -0.39 is 6.10 Å². The van der Waals surface area contributed by atoms with E-state index in [2.05, 4.69) is 31.0 Å². The molecule has 0 bridgehead atoms. The molecule has 0 aliphatic rings. The van der Waals surface area contributed by atoms with Gasteiger partial charge in [-0.25, -0.2) is 0 Å². The lowest BCUT2D eigenvalue weighted by Gasteiger charge is -2.17. The first-order valence-corrected chi connectivity index (χ1v) is 10.7. The average Bonchev–Trinajstić information content (AvgIpc) is 2.70. The minimum atomic E-state index is -0.687. The van der Waals surface area contributed by atoms with Crippen molar-refractivity contribution >= 4 is 5.78 Å². The molecule has 0 radical (unpaired) electrons. The maximum atomic E-state index is 12.1. The molecular weight excluding hydrogens is 406 g/mol. The Balaban J connectivity index is 2.84. The number of hydrogen-bond donors (Lipinski definition) is 2. The lowest BCUT2D eigenvalue weighted by molar-refractivity contribution is -0.112. The zero-order valence-electron chi connectivity index (χ0n) is 20.5. The first-order chi connectivity index (χ1) is 15.0. The fourth-order valence-electron chi connectivity index (χ4n) is 3.63. The van der Waals surface area contributed by atoms with Crippen molar-refractivity contribution in [1.82, 2.24) is 4.98 Å². The number of rotatable bonds is 11. The molecule has 1 heterocycles. The number of carbonyl (C=O) groups excluding carboxylic acids is 1. The van der Waals surface area contributed by atoms with E-state index in [4.69, 9.17) is 9.47 Å². The summed E-state index contributed by atoms with van der Waals surface area (Å²) in [6, 6.07) is 1.52. The van der Waals surface area contributed by atoms with Gasteiger partial charge >= 0.3 is 0 Å². The van der Waals surface area contributed by atoms with Crippen LogP contribution in [0.2, 0.25) is 0 Å². The molecule has 176 valence electrons. The Bertz CT molecular complexity index is 978. The molecule has 2 N–H and O–H groups in total. The van der Waals surface area contributed by atoms with Gasteiger partial charge in [0.15, 0.2) is 5.78 Å². The monoisotopic (exact) mass is 443 g/mol. The Morgan fingerprint density at radius 1 is 1.09 bits per heavy atom. The van der Waals surface area contributed by atoms with Gasteiger partial charge in [-0.2, -0.15) is 0 Å². The Kier molecular flexibility index (Phi) is 10.9. The van der Waals surface area contributed by atoms with Crippen LogP contribution in [0.25, 0.3) is 0 Å². The van der Waals surface area contributed by atoms with Gasteiger partial charge < -0.3 is 19.6 Å². The molecule has 32 heavy (non-hydrogen) atoms. The minimum absolute atomic E-state index is 0.0652. The maximum Gasteiger partial charge on any atom is 0.238 e. The smallest absolute Gasteiger partial charge is 0.238 e. The molecule has 6 nitrogen and oxygen atoms in total. The predicted octanol–water partition coefficient (Wildman–Crippen LogP) is 4.70. The van der Waals surface area contributed by atoms with Gasteiger partial charge in [-0.1, -0.05) is 41.9 Å². The molecule has 0 aliphatic heterocycles. The second-order valence-electron chi connectivity index (χ2n) is 8.36. The van der Waals surface area contributed by atoms with E-state index in [0.29, 0.717) is 17.9 Å². The van der Waals surface area contributed by atoms with Crippen LogP contribution in [0.4, 0.5) is 0 Å². The Morgan fingerprint density at radius 3 is 2.31 bits per heavy atom. The van der Waals surface area contributed by atoms with E-state index in [1.54, 1.807) is 6.92 Å². The topological polar surface area (TPSA) is 88.6 Å². The quantitative estimate of drug-likeness (QED) is 0.294. The van der Waals surface area contributed by atoms with Gasteiger partial charge in [0.1, 0.15) is 0 Å². The summed E-state index contributed by atoms with van der Waals surface area (Å²) >= 11 is 0. The number of carbonyl (C=O) groups is 1. The summed E-state index contributed by atoms with van der Waals surface area (Å²) < 4.78 is 10.3. The molecule has 0 spiro atoms. The van der Waals surface area contributed by atoms with Crippen molar-refractivity contribution in [2.75, 3.05) is 14.2 Å². The highest BCUT2D eigenvalue weighted by atomic mass is 16.5. The molecule has 1 rings (SSSR count). The third-order valence-corrected chi connectivity index (χ3v) is 5.04. The van der Waals surface area contributed by atoms with E-state index in [9.17, 15) is 14.7 Å². The number of hydrogen-bond acceptors (Lipinski definition) is 5. The number of allylic oxidation sites excluding steroid dienone is 6. The summed E-state index contributed by atoms with van der Waals surface area (Å²) in [7, 11) is 2.93. The van der Waals surface area contributed by atoms with Crippen LogP contribution in [0.3, 0.4) is 0 Å². The molecule has 1 aromatic rings. The highest BCUT2D eigenvalue weighted by molar-refractivity contribution is 5.88. The number of aliphatic hydroxyl groups is 1. The fraction of sp³-hybridized carbons (Fsp3) is 0.462. The number of aliphatic hydroxyl groups excluding tert-OH is 1. The molecule has 0 aliphatic carbocycles. The minimum Gasteiger partial charge on any atom is -0.488 e. The molecular formula is C26H37NO5. The van der Waals surface area contributed by atoms with Crippen molar-refractivity contribution in [1.29, 1.82) is 0 Å². The lowest BCUT2D eigenvalue weighted by Crippen LogP contribution is -2.18. The summed E-state index contributed by atoms with van der Waals surface area (Å²) in [6.45, 7) is 11.3. The summed E-state index contributed by atoms with van der Waals surface area (Å²) in [5.41, 5.74) is 4.62. The van der Waals surface area contributed by atoms with Crippen molar-refractivity contribution in [2.24, 2.45) is 5.92 Å². The van der Waals surface area contributed by atoms with Crippen LogP contribution in [0, 0.1) is 5.92 Å². The van der Waals surface area contributed by atoms with Crippen LogP contribution in [0.15, 0.2) is 57.5 Å². The third kappa shape index (κ3) is 8.71. The first kappa shape index (κ1) is 27.2. The number of pyridine rings is 1. The SMILES string of the molecule is COc1[nH]c(C/C=C(\C)C/C(C)=C/C(C)=C/[C@@H](C)[C@@H](O)/C(C)=C/C(C)=O)cc(=O)c1OC. The van der Waals surface area contributed by atoms with E-state index in [1.807, 2.05) is 19.9 Å². The summed E-state index contributed by atoms with van der Waals surface area (Å²) in [4.78, 5) is 26.4. The zero-order chi connectivity index (χ0) is 24.4. The second kappa shape index (κ2) is 12.9. The second-order valence-corrected chi connectivity index (χ2v) is 8.36. The van der Waals surface area contributed by atoms with Crippen LogP contribution in [-0.2, 0) is 11.2 Å². The molecule has 1 aromatic heterocycles. The molecule has 0 fully saturated rings. The number of nitrogens with one attached hydrogen (secondary N) is 1. The van der Waals surface area contributed by atoms with Gasteiger partial charge in [-0.05, 0) is 52.7 Å². The molecule has 0 unspecified atom stereocenters. The Labute approximate surface area is 191 Å². The highest BCUT2D eigenvalue weighted by Crippen LogP contribution is 2.21. The van der Waals surface area contributed by atoms with Crippen molar-refractivity contribution < 1.29 is 19.4 Å². The lowest BCUT2D eigenvalue weighted by atomic mass is 9.94. The molecule has 0 aromatic carbocycles. The summed E-state index contributed by atoms with van der Waals surface area (Å²) in [6.07, 6.45) is 8.35. The van der Waals surface area contributed by atoms with Crippen LogP contribution in [0.1, 0.15) is 53.7 Å². The normalized spacial score (nSPS) is 15.4. The molecule has 6 heteroatoms. The van der Waals surface area contributed by atoms with Gasteiger partial charge in [0, 0.05) is 24.1 Å². The van der Waals surface area contributed by atoms with Crippen molar-refractivity contribution in [3.63, 3.8) is 0 Å². The van der Waals surface area contributed by atoms with Crippen LogP contribution in [0.5, 0.6) is 11.6 Å². The Hall–Kier alpha value is -2.86. The molecule has 2 atom stereocenters. The maximum absolute atomic E-state index is 12.1. The number of aromatic nitrogens is 1. The van der Waals surface area contributed by atoms with Crippen LogP contribution < -0.4 is 14.9 Å². The summed E-state index contributed by atoms with van der Waals surface area (Å²) in [5, 5.41) is 10.4. The molecule has 0 saturated heterocycles. The Morgan fingerprint density at radius 2 is 1.75 bits per heavy atom. The number of H-pyrrole nitrogens is 1. The van der Waals surface area contributed by atoms with E-state index in [1.165, 1.54) is 44.4 Å². The fourth-order valence-corrected chi connectivity index (χ4v) is 3.63. The predicted molar refractivity (Wildman–Crippen MR) is 129 cm³/mol. The van der Waals surface area contributed by atoms with Crippen LogP contribution in [-0.4, -0.2) is 36.2 Å². The van der Waals surface area contributed by atoms with E-state index in [-0.39, 0.29) is 22.9 Å². The van der Waals surface area contributed by atoms with Gasteiger partial charge in [-0.15, -0.1) is 0 Å². The third-order valence-electron chi connectivity index (χ3n) is 5.04.